The molecular weight excluding hydrogens is 336 g/mol. The topological polar surface area (TPSA) is 91.0 Å². The zero-order valence-corrected chi connectivity index (χ0v) is 14.9. The third kappa shape index (κ3) is 3.81. The van der Waals surface area contributed by atoms with Crippen LogP contribution in [0.5, 0.6) is 0 Å². The monoisotopic (exact) mass is 356 g/mol. The SMILES string of the molecule is CCNc1cc(C2(C(=O)NNC(=S)NC)CC(C)C2)nc(Cl)n1. The Hall–Kier alpha value is -1.67. The molecule has 1 heterocycles. The van der Waals surface area contributed by atoms with Gasteiger partial charge >= 0.3 is 0 Å². The highest BCUT2D eigenvalue weighted by Crippen LogP contribution is 2.47. The van der Waals surface area contributed by atoms with Gasteiger partial charge in [0.15, 0.2) is 5.11 Å². The van der Waals surface area contributed by atoms with E-state index in [1.54, 1.807) is 13.1 Å². The first-order chi connectivity index (χ1) is 10.9. The molecule has 0 unspecified atom stereocenters. The van der Waals surface area contributed by atoms with E-state index in [-0.39, 0.29) is 11.2 Å². The predicted octanol–water partition coefficient (Wildman–Crippen LogP) is 1.35. The van der Waals surface area contributed by atoms with E-state index >= 15 is 0 Å². The molecule has 0 atom stereocenters. The molecule has 4 N–H and O–H groups in total. The first-order valence-corrected chi connectivity index (χ1v) is 8.27. The number of hydrazine groups is 1. The Balaban J connectivity index is 2.26. The number of carbonyl (C=O) groups is 1. The maximum Gasteiger partial charge on any atom is 0.250 e. The van der Waals surface area contributed by atoms with Crippen LogP contribution < -0.4 is 21.5 Å². The van der Waals surface area contributed by atoms with Crippen molar-refractivity contribution in [3.63, 3.8) is 0 Å². The maximum atomic E-state index is 12.7. The summed E-state index contributed by atoms with van der Waals surface area (Å²) in [6.45, 7) is 4.78. The van der Waals surface area contributed by atoms with Crippen LogP contribution in [0.15, 0.2) is 6.07 Å². The van der Waals surface area contributed by atoms with E-state index < -0.39 is 5.41 Å². The van der Waals surface area contributed by atoms with Crippen molar-refractivity contribution in [2.75, 3.05) is 18.9 Å². The number of hydrogen-bond donors (Lipinski definition) is 4. The van der Waals surface area contributed by atoms with Crippen molar-refractivity contribution >= 4 is 40.7 Å². The number of aromatic nitrogens is 2. The molecular formula is C14H21ClN6OS. The predicted molar refractivity (Wildman–Crippen MR) is 94.2 cm³/mol. The van der Waals surface area contributed by atoms with Gasteiger partial charge in [-0.15, -0.1) is 0 Å². The summed E-state index contributed by atoms with van der Waals surface area (Å²) in [4.78, 5) is 21.1. The van der Waals surface area contributed by atoms with Crippen LogP contribution in [-0.4, -0.2) is 34.6 Å². The number of rotatable bonds is 4. The molecule has 1 aliphatic carbocycles. The van der Waals surface area contributed by atoms with Crippen molar-refractivity contribution in [2.45, 2.75) is 32.1 Å². The Morgan fingerprint density at radius 3 is 2.70 bits per heavy atom. The van der Waals surface area contributed by atoms with Crippen molar-refractivity contribution in [1.29, 1.82) is 0 Å². The van der Waals surface area contributed by atoms with Crippen LogP contribution in [0.25, 0.3) is 0 Å². The zero-order valence-electron chi connectivity index (χ0n) is 13.4. The molecule has 23 heavy (non-hydrogen) atoms. The number of carbonyl (C=O) groups excluding carboxylic acids is 1. The van der Waals surface area contributed by atoms with Gasteiger partial charge in [-0.05, 0) is 49.5 Å². The van der Waals surface area contributed by atoms with Crippen molar-refractivity contribution in [3.05, 3.63) is 17.0 Å². The summed E-state index contributed by atoms with van der Waals surface area (Å²) in [5.74, 6) is 0.881. The molecule has 126 valence electrons. The number of amides is 1. The van der Waals surface area contributed by atoms with E-state index in [0.29, 0.717) is 41.9 Å². The van der Waals surface area contributed by atoms with Crippen LogP contribution in [-0.2, 0) is 10.2 Å². The molecule has 9 heteroatoms. The minimum Gasteiger partial charge on any atom is -0.370 e. The standard InChI is InChI=1S/C14H21ClN6OS/c1-4-17-10-5-9(18-12(15)19-10)14(6-8(2)7-14)11(22)20-21-13(23)16-3/h5,8H,4,6-7H2,1-3H3,(H,20,22)(H2,16,21,23)(H,17,18,19). The summed E-state index contributed by atoms with van der Waals surface area (Å²) >= 11 is 11.0. The fourth-order valence-corrected chi connectivity index (χ4v) is 3.10. The number of anilines is 1. The molecule has 0 bridgehead atoms. The molecule has 1 aromatic heterocycles. The number of nitrogens with one attached hydrogen (secondary N) is 4. The molecule has 1 saturated carbocycles. The lowest BCUT2D eigenvalue weighted by Gasteiger charge is -2.44. The van der Waals surface area contributed by atoms with Gasteiger partial charge in [0, 0.05) is 19.7 Å². The summed E-state index contributed by atoms with van der Waals surface area (Å²) in [6, 6.07) is 1.79. The summed E-state index contributed by atoms with van der Waals surface area (Å²) < 4.78 is 0. The number of halogens is 1. The van der Waals surface area contributed by atoms with E-state index in [4.69, 9.17) is 23.8 Å². The van der Waals surface area contributed by atoms with Gasteiger partial charge in [-0.2, -0.15) is 0 Å². The molecule has 0 aromatic carbocycles. The smallest absolute Gasteiger partial charge is 0.250 e. The summed E-state index contributed by atoms with van der Waals surface area (Å²) in [5.41, 5.74) is 5.23. The number of nitrogens with zero attached hydrogens (tertiary/aromatic N) is 2. The van der Waals surface area contributed by atoms with Crippen molar-refractivity contribution < 1.29 is 4.79 Å². The Kier molecular flexibility index (Phi) is 5.59. The van der Waals surface area contributed by atoms with Gasteiger partial charge in [0.2, 0.25) is 5.28 Å². The van der Waals surface area contributed by atoms with Gasteiger partial charge in [0.25, 0.3) is 5.91 Å². The highest BCUT2D eigenvalue weighted by atomic mass is 35.5. The van der Waals surface area contributed by atoms with Crippen molar-refractivity contribution in [3.8, 4) is 0 Å². The third-order valence-corrected chi connectivity index (χ3v) is 4.37. The van der Waals surface area contributed by atoms with E-state index in [2.05, 4.69) is 38.4 Å². The lowest BCUT2D eigenvalue weighted by Crippen LogP contribution is -2.58. The molecule has 1 amide bonds. The van der Waals surface area contributed by atoms with Crippen LogP contribution in [0, 0.1) is 5.92 Å². The molecule has 1 fully saturated rings. The molecule has 1 aromatic rings. The van der Waals surface area contributed by atoms with Crippen molar-refractivity contribution in [1.82, 2.24) is 26.1 Å². The van der Waals surface area contributed by atoms with Gasteiger partial charge < -0.3 is 10.6 Å². The van der Waals surface area contributed by atoms with E-state index in [1.807, 2.05) is 6.92 Å². The zero-order chi connectivity index (χ0) is 17.0. The maximum absolute atomic E-state index is 12.7. The second-order valence-electron chi connectivity index (χ2n) is 5.69. The quantitative estimate of drug-likeness (QED) is 0.368. The lowest BCUT2D eigenvalue weighted by molar-refractivity contribution is -0.132. The molecule has 0 aliphatic heterocycles. The summed E-state index contributed by atoms with van der Waals surface area (Å²) in [7, 11) is 1.68. The van der Waals surface area contributed by atoms with Gasteiger partial charge in [-0.3, -0.25) is 15.6 Å². The minimum absolute atomic E-state index is 0.129. The molecule has 0 radical (unpaired) electrons. The van der Waals surface area contributed by atoms with Crippen LogP contribution in [0.3, 0.4) is 0 Å². The van der Waals surface area contributed by atoms with Gasteiger partial charge in [0.05, 0.1) is 11.1 Å². The molecule has 2 rings (SSSR count). The Labute approximate surface area is 146 Å². The Morgan fingerprint density at radius 2 is 2.13 bits per heavy atom. The highest BCUT2D eigenvalue weighted by Gasteiger charge is 2.51. The van der Waals surface area contributed by atoms with E-state index in [9.17, 15) is 4.79 Å². The number of hydrogen-bond acceptors (Lipinski definition) is 5. The average molecular weight is 357 g/mol. The first kappa shape index (κ1) is 17.7. The molecule has 0 saturated heterocycles. The van der Waals surface area contributed by atoms with Gasteiger partial charge in [-0.1, -0.05) is 6.92 Å². The average Bonchev–Trinajstić information content (AvgIpc) is 2.48. The van der Waals surface area contributed by atoms with Crippen molar-refractivity contribution in [2.24, 2.45) is 5.92 Å². The van der Waals surface area contributed by atoms with Crippen LogP contribution >= 0.6 is 23.8 Å². The van der Waals surface area contributed by atoms with E-state index in [1.165, 1.54) is 0 Å². The largest absolute Gasteiger partial charge is 0.370 e. The van der Waals surface area contributed by atoms with E-state index in [0.717, 1.165) is 0 Å². The Bertz CT molecular complexity index is 605. The van der Waals surface area contributed by atoms with Crippen LogP contribution in [0.2, 0.25) is 5.28 Å². The normalized spacial score (nSPS) is 22.7. The lowest BCUT2D eigenvalue weighted by atomic mass is 9.60. The fourth-order valence-electron chi connectivity index (χ4n) is 2.87. The first-order valence-electron chi connectivity index (χ1n) is 7.48. The molecule has 1 aliphatic rings. The summed E-state index contributed by atoms with van der Waals surface area (Å²) in [6.07, 6.45) is 1.40. The minimum atomic E-state index is -0.716. The highest BCUT2D eigenvalue weighted by molar-refractivity contribution is 7.80. The number of thiocarbonyl (C=S) groups is 1. The van der Waals surface area contributed by atoms with Gasteiger partial charge in [0.1, 0.15) is 5.82 Å². The third-order valence-electron chi connectivity index (χ3n) is 3.89. The fraction of sp³-hybridized carbons (Fsp3) is 0.571. The van der Waals surface area contributed by atoms with Crippen LogP contribution in [0.1, 0.15) is 32.4 Å². The Morgan fingerprint density at radius 1 is 1.43 bits per heavy atom. The molecule has 7 nitrogen and oxygen atoms in total. The summed E-state index contributed by atoms with van der Waals surface area (Å²) in [5, 5.41) is 6.32. The van der Waals surface area contributed by atoms with Crippen LogP contribution in [0.4, 0.5) is 5.82 Å². The second-order valence-corrected chi connectivity index (χ2v) is 6.44. The van der Waals surface area contributed by atoms with Gasteiger partial charge in [-0.25, -0.2) is 9.97 Å². The molecule has 0 spiro atoms. The second kappa shape index (κ2) is 7.27.